The number of carbonyl (C=O) groups is 1. The summed E-state index contributed by atoms with van der Waals surface area (Å²) in [5, 5.41) is 3.10. The molecule has 0 spiro atoms. The van der Waals surface area contributed by atoms with Crippen molar-refractivity contribution in [1.29, 1.82) is 0 Å². The van der Waals surface area contributed by atoms with Gasteiger partial charge in [-0.1, -0.05) is 25.5 Å². The summed E-state index contributed by atoms with van der Waals surface area (Å²) in [6, 6.07) is 7.51. The van der Waals surface area contributed by atoms with Crippen molar-refractivity contribution in [1.82, 2.24) is 5.32 Å². The summed E-state index contributed by atoms with van der Waals surface area (Å²) < 4.78 is 0. The lowest BCUT2D eigenvalue weighted by atomic mass is 9.95. The van der Waals surface area contributed by atoms with E-state index in [1.807, 2.05) is 31.2 Å². The quantitative estimate of drug-likeness (QED) is 0.787. The fourth-order valence-electron chi connectivity index (χ4n) is 2.11. The van der Waals surface area contributed by atoms with Gasteiger partial charge in [0.05, 0.1) is 5.92 Å². The molecule has 0 bridgehead atoms. The van der Waals surface area contributed by atoms with Crippen LogP contribution in [0.25, 0.3) is 0 Å². The summed E-state index contributed by atoms with van der Waals surface area (Å²) in [4.78, 5) is 12.2. The summed E-state index contributed by atoms with van der Waals surface area (Å²) in [6.45, 7) is 8.14. The molecule has 0 saturated heterocycles. The van der Waals surface area contributed by atoms with Gasteiger partial charge < -0.3 is 11.1 Å². The van der Waals surface area contributed by atoms with E-state index in [1.165, 1.54) is 0 Å². The molecule has 0 aliphatic carbocycles. The lowest BCUT2D eigenvalue weighted by Gasteiger charge is -2.27. The Bertz CT molecular complexity index is 413. The van der Waals surface area contributed by atoms with E-state index in [9.17, 15) is 4.79 Å². The maximum atomic E-state index is 12.2. The van der Waals surface area contributed by atoms with Gasteiger partial charge >= 0.3 is 0 Å². The molecular formula is C15H24N2O. The van der Waals surface area contributed by atoms with E-state index in [1.54, 1.807) is 0 Å². The molecule has 0 aromatic heterocycles. The minimum Gasteiger partial charge on any atom is -0.399 e. The fourth-order valence-corrected chi connectivity index (χ4v) is 2.11. The molecular weight excluding hydrogens is 224 g/mol. The monoisotopic (exact) mass is 248 g/mol. The fraction of sp³-hybridized carbons (Fsp3) is 0.533. The lowest BCUT2D eigenvalue weighted by molar-refractivity contribution is -0.123. The van der Waals surface area contributed by atoms with Crippen LogP contribution in [0.1, 0.15) is 52.0 Å². The third-order valence-electron chi connectivity index (χ3n) is 3.14. The van der Waals surface area contributed by atoms with Gasteiger partial charge in [-0.15, -0.1) is 0 Å². The molecule has 0 heterocycles. The Morgan fingerprint density at radius 2 is 2.11 bits per heavy atom. The van der Waals surface area contributed by atoms with Crippen LogP contribution in [0.3, 0.4) is 0 Å². The van der Waals surface area contributed by atoms with Gasteiger partial charge in [0.2, 0.25) is 5.91 Å². The van der Waals surface area contributed by atoms with Gasteiger partial charge in [-0.05, 0) is 44.9 Å². The Morgan fingerprint density at radius 3 is 2.67 bits per heavy atom. The first-order chi connectivity index (χ1) is 8.35. The zero-order valence-corrected chi connectivity index (χ0v) is 11.8. The van der Waals surface area contributed by atoms with Gasteiger partial charge in [0.25, 0.3) is 0 Å². The van der Waals surface area contributed by atoms with Gasteiger partial charge in [-0.3, -0.25) is 4.79 Å². The van der Waals surface area contributed by atoms with Gasteiger partial charge in [0, 0.05) is 11.2 Å². The lowest BCUT2D eigenvalue weighted by Crippen LogP contribution is -2.45. The van der Waals surface area contributed by atoms with Crippen molar-refractivity contribution in [2.24, 2.45) is 0 Å². The van der Waals surface area contributed by atoms with Crippen molar-refractivity contribution < 1.29 is 4.79 Å². The van der Waals surface area contributed by atoms with Crippen LogP contribution in [0.5, 0.6) is 0 Å². The second-order valence-corrected chi connectivity index (χ2v) is 5.51. The van der Waals surface area contributed by atoms with E-state index >= 15 is 0 Å². The maximum absolute atomic E-state index is 12.2. The molecule has 0 aliphatic rings. The third-order valence-corrected chi connectivity index (χ3v) is 3.14. The predicted molar refractivity (Wildman–Crippen MR) is 76.4 cm³/mol. The number of benzene rings is 1. The van der Waals surface area contributed by atoms with E-state index in [-0.39, 0.29) is 17.4 Å². The molecule has 0 fully saturated rings. The summed E-state index contributed by atoms with van der Waals surface area (Å²) in [7, 11) is 0. The number of nitrogen functional groups attached to an aromatic ring is 1. The molecule has 0 saturated carbocycles. The highest BCUT2D eigenvalue weighted by atomic mass is 16.2. The Labute approximate surface area is 110 Å². The molecule has 0 radical (unpaired) electrons. The number of carbonyl (C=O) groups excluding carboxylic acids is 1. The van der Waals surface area contributed by atoms with E-state index in [2.05, 4.69) is 26.1 Å². The molecule has 1 aromatic carbocycles. The van der Waals surface area contributed by atoms with Crippen LogP contribution >= 0.6 is 0 Å². The minimum absolute atomic E-state index is 0.0547. The molecule has 1 rings (SSSR count). The minimum atomic E-state index is -0.176. The molecule has 1 atom stereocenters. The zero-order chi connectivity index (χ0) is 13.8. The second-order valence-electron chi connectivity index (χ2n) is 5.51. The van der Waals surface area contributed by atoms with Crippen molar-refractivity contribution in [3.8, 4) is 0 Å². The number of rotatable bonds is 5. The van der Waals surface area contributed by atoms with Crippen LogP contribution in [0.4, 0.5) is 5.69 Å². The average Bonchev–Trinajstić information content (AvgIpc) is 2.27. The summed E-state index contributed by atoms with van der Waals surface area (Å²) in [5.41, 5.74) is 7.24. The Hall–Kier alpha value is -1.51. The largest absolute Gasteiger partial charge is 0.399 e. The van der Waals surface area contributed by atoms with E-state index in [4.69, 9.17) is 5.73 Å². The number of amides is 1. The number of hydrogen-bond donors (Lipinski definition) is 2. The average molecular weight is 248 g/mol. The van der Waals surface area contributed by atoms with Crippen LogP contribution in [-0.4, -0.2) is 11.4 Å². The smallest absolute Gasteiger partial charge is 0.227 e. The number of nitrogens with two attached hydrogens (primary N) is 1. The highest BCUT2D eigenvalue weighted by Crippen LogP contribution is 2.20. The van der Waals surface area contributed by atoms with Crippen LogP contribution in [-0.2, 0) is 4.79 Å². The first-order valence-corrected chi connectivity index (χ1v) is 6.53. The van der Waals surface area contributed by atoms with Crippen LogP contribution in [0, 0.1) is 0 Å². The van der Waals surface area contributed by atoms with Crippen LogP contribution in [0.15, 0.2) is 24.3 Å². The van der Waals surface area contributed by atoms with Gasteiger partial charge in [-0.25, -0.2) is 0 Å². The Morgan fingerprint density at radius 1 is 1.44 bits per heavy atom. The summed E-state index contributed by atoms with van der Waals surface area (Å²) in [5.74, 6) is -0.122. The van der Waals surface area contributed by atoms with Gasteiger partial charge in [0.15, 0.2) is 0 Å². The topological polar surface area (TPSA) is 55.1 Å². The van der Waals surface area contributed by atoms with Gasteiger partial charge in [0.1, 0.15) is 0 Å². The normalized spacial score (nSPS) is 13.1. The van der Waals surface area contributed by atoms with Gasteiger partial charge in [-0.2, -0.15) is 0 Å². The molecule has 1 amide bonds. The highest BCUT2D eigenvalue weighted by Gasteiger charge is 2.23. The molecule has 3 N–H and O–H groups in total. The zero-order valence-electron chi connectivity index (χ0n) is 11.8. The molecule has 3 heteroatoms. The predicted octanol–water partition coefficient (Wildman–Crippen LogP) is 3.07. The summed E-state index contributed by atoms with van der Waals surface area (Å²) in [6.07, 6.45) is 2.03. The van der Waals surface area contributed by atoms with Crippen molar-refractivity contribution in [3.63, 3.8) is 0 Å². The van der Waals surface area contributed by atoms with E-state index < -0.39 is 0 Å². The van der Waals surface area contributed by atoms with Crippen molar-refractivity contribution in [2.75, 3.05) is 5.73 Å². The van der Waals surface area contributed by atoms with Crippen LogP contribution < -0.4 is 11.1 Å². The first kappa shape index (κ1) is 14.6. The maximum Gasteiger partial charge on any atom is 0.227 e. The highest BCUT2D eigenvalue weighted by molar-refractivity contribution is 5.84. The number of anilines is 1. The SMILES string of the molecule is CCCC(C)(C)NC(=O)C(C)c1cccc(N)c1. The summed E-state index contributed by atoms with van der Waals surface area (Å²) >= 11 is 0. The van der Waals surface area contributed by atoms with Crippen molar-refractivity contribution in [2.45, 2.75) is 52.0 Å². The third kappa shape index (κ3) is 4.06. The molecule has 1 unspecified atom stereocenters. The van der Waals surface area contributed by atoms with E-state index in [0.717, 1.165) is 18.4 Å². The van der Waals surface area contributed by atoms with Crippen molar-refractivity contribution in [3.05, 3.63) is 29.8 Å². The van der Waals surface area contributed by atoms with E-state index in [0.29, 0.717) is 5.69 Å². The Balaban J connectivity index is 2.73. The standard InChI is InChI=1S/C15H24N2O/c1-5-9-15(3,4)17-14(18)11(2)12-7-6-8-13(16)10-12/h6-8,10-11H,5,9,16H2,1-4H3,(H,17,18). The van der Waals surface area contributed by atoms with Crippen LogP contribution in [0.2, 0.25) is 0 Å². The molecule has 0 aliphatic heterocycles. The number of hydrogen-bond acceptors (Lipinski definition) is 2. The molecule has 18 heavy (non-hydrogen) atoms. The Kier molecular flexibility index (Phi) is 4.76. The molecule has 3 nitrogen and oxygen atoms in total. The molecule has 1 aromatic rings. The number of nitrogens with one attached hydrogen (secondary N) is 1. The molecule has 100 valence electrons. The first-order valence-electron chi connectivity index (χ1n) is 6.53. The van der Waals surface area contributed by atoms with Crippen molar-refractivity contribution >= 4 is 11.6 Å². The second kappa shape index (κ2) is 5.89.